The van der Waals surface area contributed by atoms with Gasteiger partial charge in [0.1, 0.15) is 11.6 Å². The molecule has 1 heterocycles. The van der Waals surface area contributed by atoms with E-state index >= 15 is 0 Å². The van der Waals surface area contributed by atoms with E-state index in [2.05, 4.69) is 4.98 Å². The van der Waals surface area contributed by atoms with Gasteiger partial charge < -0.3 is 10.5 Å². The van der Waals surface area contributed by atoms with Crippen LogP contribution >= 0.6 is 0 Å². The lowest BCUT2D eigenvalue weighted by Gasteiger charge is -2.11. The van der Waals surface area contributed by atoms with Crippen molar-refractivity contribution in [1.82, 2.24) is 4.98 Å². The van der Waals surface area contributed by atoms with Gasteiger partial charge in [0.2, 0.25) is 0 Å². The summed E-state index contributed by atoms with van der Waals surface area (Å²) in [6.45, 7) is 2.50. The van der Waals surface area contributed by atoms with Gasteiger partial charge in [0, 0.05) is 18.3 Å². The number of nitrogens with zero attached hydrogens (tertiary/aromatic N) is 1. The Labute approximate surface area is 112 Å². The number of aromatic nitrogens is 1. The molecular formula is C15H17N3O. The Morgan fingerprint density at radius 2 is 2.16 bits per heavy atom. The zero-order valence-corrected chi connectivity index (χ0v) is 10.9. The number of amidine groups is 1. The molecular weight excluding hydrogens is 238 g/mol. The lowest BCUT2D eigenvalue weighted by Crippen LogP contribution is -2.14. The molecule has 0 amide bonds. The molecule has 0 aliphatic carbocycles. The maximum atomic E-state index is 7.53. The number of hydrogen-bond donors (Lipinski definition) is 2. The summed E-state index contributed by atoms with van der Waals surface area (Å²) < 4.78 is 5.72. The van der Waals surface area contributed by atoms with Gasteiger partial charge >= 0.3 is 0 Å². The normalized spacial score (nSPS) is 10.2. The van der Waals surface area contributed by atoms with Crippen LogP contribution in [-0.4, -0.2) is 17.4 Å². The van der Waals surface area contributed by atoms with Gasteiger partial charge in [-0.1, -0.05) is 12.1 Å². The molecule has 2 aromatic rings. The average molecular weight is 255 g/mol. The molecule has 3 N–H and O–H groups in total. The van der Waals surface area contributed by atoms with Crippen molar-refractivity contribution in [2.45, 2.75) is 13.3 Å². The van der Waals surface area contributed by atoms with Crippen molar-refractivity contribution in [2.75, 3.05) is 6.61 Å². The Morgan fingerprint density at radius 1 is 1.32 bits per heavy atom. The Kier molecular flexibility index (Phi) is 4.13. The monoisotopic (exact) mass is 255 g/mol. The maximum Gasteiger partial charge on any atom is 0.130 e. The highest BCUT2D eigenvalue weighted by atomic mass is 16.5. The number of hydrogen-bond acceptors (Lipinski definition) is 3. The summed E-state index contributed by atoms with van der Waals surface area (Å²) in [7, 11) is 0. The van der Waals surface area contributed by atoms with E-state index in [4.69, 9.17) is 15.9 Å². The van der Waals surface area contributed by atoms with Crippen molar-refractivity contribution >= 4 is 5.84 Å². The molecule has 1 aromatic carbocycles. The number of rotatable bonds is 5. The fourth-order valence-electron chi connectivity index (χ4n) is 1.78. The van der Waals surface area contributed by atoms with E-state index in [9.17, 15) is 0 Å². The van der Waals surface area contributed by atoms with E-state index in [0.29, 0.717) is 17.9 Å². The third kappa shape index (κ3) is 3.55. The molecule has 0 saturated carbocycles. The Morgan fingerprint density at radius 3 is 2.84 bits per heavy atom. The van der Waals surface area contributed by atoms with Crippen molar-refractivity contribution in [1.29, 1.82) is 5.41 Å². The highest BCUT2D eigenvalue weighted by Crippen LogP contribution is 2.20. The van der Waals surface area contributed by atoms with Gasteiger partial charge in [0.15, 0.2) is 0 Å². The Balaban J connectivity index is 2.03. The summed E-state index contributed by atoms with van der Waals surface area (Å²) in [6.07, 6.45) is 2.50. The van der Waals surface area contributed by atoms with Crippen LogP contribution in [0.2, 0.25) is 0 Å². The second kappa shape index (κ2) is 6.00. The minimum Gasteiger partial charge on any atom is -0.492 e. The summed E-state index contributed by atoms with van der Waals surface area (Å²) in [5.41, 5.74) is 8.24. The van der Waals surface area contributed by atoms with Crippen LogP contribution in [0.5, 0.6) is 5.75 Å². The molecule has 1 aromatic heterocycles. The fourth-order valence-corrected chi connectivity index (χ4v) is 1.78. The van der Waals surface area contributed by atoms with E-state index in [1.165, 1.54) is 0 Å². The fraction of sp³-hybridized carbons (Fsp3) is 0.200. The van der Waals surface area contributed by atoms with E-state index in [0.717, 1.165) is 17.7 Å². The summed E-state index contributed by atoms with van der Waals surface area (Å²) in [6, 6.07) is 11.4. The predicted octanol–water partition coefficient (Wildman–Crippen LogP) is 2.30. The number of nitrogens with two attached hydrogens (primary N) is 1. The lowest BCUT2D eigenvalue weighted by atomic mass is 10.1. The quantitative estimate of drug-likeness (QED) is 0.636. The van der Waals surface area contributed by atoms with Gasteiger partial charge in [0.05, 0.1) is 12.2 Å². The van der Waals surface area contributed by atoms with Crippen LogP contribution in [0.25, 0.3) is 0 Å². The number of pyridine rings is 1. The van der Waals surface area contributed by atoms with Gasteiger partial charge in [-0.15, -0.1) is 0 Å². The van der Waals surface area contributed by atoms with E-state index in [-0.39, 0.29) is 5.84 Å². The number of ether oxygens (including phenoxy) is 1. The van der Waals surface area contributed by atoms with Gasteiger partial charge in [-0.2, -0.15) is 0 Å². The third-order valence-electron chi connectivity index (χ3n) is 2.77. The second-order valence-corrected chi connectivity index (χ2v) is 4.33. The molecule has 98 valence electrons. The van der Waals surface area contributed by atoms with Crippen LogP contribution in [0.1, 0.15) is 16.8 Å². The minimum absolute atomic E-state index is 0.0211. The number of nitrogens with one attached hydrogen (secondary N) is 1. The maximum absolute atomic E-state index is 7.53. The molecule has 0 aliphatic heterocycles. The standard InChI is InChI=1S/C15H17N3O/c1-11-5-6-13(15(16)17)14(10-11)19-9-7-12-4-2-3-8-18-12/h2-6,8,10H,7,9H2,1H3,(H3,16,17). The summed E-state index contributed by atoms with van der Waals surface area (Å²) >= 11 is 0. The SMILES string of the molecule is Cc1ccc(C(=N)N)c(OCCc2ccccn2)c1. The largest absolute Gasteiger partial charge is 0.492 e. The molecule has 19 heavy (non-hydrogen) atoms. The molecule has 0 bridgehead atoms. The zero-order valence-electron chi connectivity index (χ0n) is 10.9. The van der Waals surface area contributed by atoms with Crippen LogP contribution in [0.15, 0.2) is 42.6 Å². The van der Waals surface area contributed by atoms with Crippen molar-refractivity contribution in [3.63, 3.8) is 0 Å². The molecule has 0 saturated heterocycles. The summed E-state index contributed by atoms with van der Waals surface area (Å²) in [4.78, 5) is 4.24. The molecule has 0 aliphatic rings. The van der Waals surface area contributed by atoms with Gasteiger partial charge in [-0.3, -0.25) is 10.4 Å². The van der Waals surface area contributed by atoms with Crippen molar-refractivity contribution < 1.29 is 4.74 Å². The van der Waals surface area contributed by atoms with E-state index < -0.39 is 0 Å². The number of aryl methyl sites for hydroxylation is 1. The van der Waals surface area contributed by atoms with Gasteiger partial charge in [0.25, 0.3) is 0 Å². The zero-order chi connectivity index (χ0) is 13.7. The second-order valence-electron chi connectivity index (χ2n) is 4.33. The molecule has 0 radical (unpaired) electrons. The van der Waals surface area contributed by atoms with Crippen LogP contribution in [-0.2, 0) is 6.42 Å². The average Bonchev–Trinajstić information content (AvgIpc) is 2.39. The van der Waals surface area contributed by atoms with Gasteiger partial charge in [-0.25, -0.2) is 0 Å². The van der Waals surface area contributed by atoms with Crippen molar-refractivity contribution in [3.05, 3.63) is 59.4 Å². The molecule has 0 spiro atoms. The molecule has 4 nitrogen and oxygen atoms in total. The van der Waals surface area contributed by atoms with Crippen LogP contribution in [0.4, 0.5) is 0 Å². The number of nitrogen functional groups attached to an aromatic ring is 1. The smallest absolute Gasteiger partial charge is 0.130 e. The molecule has 0 fully saturated rings. The summed E-state index contributed by atoms with van der Waals surface area (Å²) in [5, 5.41) is 7.53. The van der Waals surface area contributed by atoms with Crippen LogP contribution < -0.4 is 10.5 Å². The first kappa shape index (κ1) is 13.1. The first-order valence-corrected chi connectivity index (χ1v) is 6.14. The van der Waals surface area contributed by atoms with Gasteiger partial charge in [-0.05, 0) is 36.8 Å². The van der Waals surface area contributed by atoms with Crippen molar-refractivity contribution in [2.24, 2.45) is 5.73 Å². The van der Waals surface area contributed by atoms with Crippen LogP contribution in [0.3, 0.4) is 0 Å². The van der Waals surface area contributed by atoms with Crippen LogP contribution in [0, 0.1) is 12.3 Å². The first-order chi connectivity index (χ1) is 9.16. The minimum atomic E-state index is 0.0211. The van der Waals surface area contributed by atoms with Crippen molar-refractivity contribution in [3.8, 4) is 5.75 Å². The predicted molar refractivity (Wildman–Crippen MR) is 75.6 cm³/mol. The topological polar surface area (TPSA) is 72.0 Å². The van der Waals surface area contributed by atoms with E-state index in [1.807, 2.05) is 43.3 Å². The molecule has 4 heteroatoms. The first-order valence-electron chi connectivity index (χ1n) is 6.14. The number of benzene rings is 1. The van der Waals surface area contributed by atoms with E-state index in [1.54, 1.807) is 6.20 Å². The molecule has 0 unspecified atom stereocenters. The highest BCUT2D eigenvalue weighted by molar-refractivity contribution is 5.97. The Hall–Kier alpha value is -2.36. The molecule has 2 rings (SSSR count). The Bertz CT molecular complexity index is 567. The lowest BCUT2D eigenvalue weighted by molar-refractivity contribution is 0.319. The highest BCUT2D eigenvalue weighted by Gasteiger charge is 2.07. The molecule has 0 atom stereocenters. The third-order valence-corrected chi connectivity index (χ3v) is 2.77. The summed E-state index contributed by atoms with van der Waals surface area (Å²) in [5.74, 6) is 0.677.